The minimum atomic E-state index is -0.0926. The summed E-state index contributed by atoms with van der Waals surface area (Å²) in [6.45, 7) is 0.734. The second-order valence-corrected chi connectivity index (χ2v) is 4.88. The second-order valence-electron chi connectivity index (χ2n) is 4.88. The summed E-state index contributed by atoms with van der Waals surface area (Å²) in [7, 11) is 0. The van der Waals surface area contributed by atoms with E-state index in [2.05, 4.69) is 20.5 Å². The zero-order valence-electron chi connectivity index (χ0n) is 10.6. The van der Waals surface area contributed by atoms with E-state index >= 15 is 0 Å². The first-order valence-electron chi connectivity index (χ1n) is 6.56. The maximum atomic E-state index is 12.1. The minimum absolute atomic E-state index is 0.0926. The van der Waals surface area contributed by atoms with Crippen LogP contribution >= 0.6 is 0 Å². The number of H-pyrrole nitrogens is 1. The molecule has 0 radical (unpaired) electrons. The van der Waals surface area contributed by atoms with Gasteiger partial charge in [0.25, 0.3) is 5.91 Å². The van der Waals surface area contributed by atoms with Gasteiger partial charge in [0.1, 0.15) is 5.69 Å². The molecule has 1 fully saturated rings. The highest BCUT2D eigenvalue weighted by molar-refractivity contribution is 5.98. The van der Waals surface area contributed by atoms with Gasteiger partial charge >= 0.3 is 0 Å². The summed E-state index contributed by atoms with van der Waals surface area (Å²) in [5.41, 5.74) is 2.27. The average Bonchev–Trinajstić information content (AvgIpc) is 3.13. The highest BCUT2D eigenvalue weighted by Gasteiger charge is 2.21. The fourth-order valence-electron chi connectivity index (χ4n) is 2.09. The van der Waals surface area contributed by atoms with Crippen LogP contribution in [0.4, 0.5) is 0 Å². The van der Waals surface area contributed by atoms with Crippen molar-refractivity contribution >= 4 is 5.91 Å². The minimum Gasteiger partial charge on any atom is -0.351 e. The summed E-state index contributed by atoms with van der Waals surface area (Å²) < 4.78 is 0. The van der Waals surface area contributed by atoms with Crippen LogP contribution in [-0.2, 0) is 0 Å². The number of hydrogen-bond donors (Lipinski definition) is 2. The van der Waals surface area contributed by atoms with Gasteiger partial charge in [-0.25, -0.2) is 0 Å². The second kappa shape index (κ2) is 5.22. The summed E-state index contributed by atoms with van der Waals surface area (Å²) >= 11 is 0. The predicted octanol–water partition coefficient (Wildman–Crippen LogP) is 2.00. The summed E-state index contributed by atoms with van der Waals surface area (Å²) in [5.74, 6) is 0.728. The van der Waals surface area contributed by atoms with E-state index in [0.717, 1.165) is 30.0 Å². The van der Waals surface area contributed by atoms with Gasteiger partial charge in [0.05, 0.1) is 6.20 Å². The van der Waals surface area contributed by atoms with Crippen molar-refractivity contribution in [1.82, 2.24) is 20.5 Å². The lowest BCUT2D eigenvalue weighted by molar-refractivity contribution is 0.0948. The Labute approximate surface area is 111 Å². The number of carbonyl (C=O) groups is 1. The summed E-state index contributed by atoms with van der Waals surface area (Å²) in [4.78, 5) is 16.1. The highest BCUT2D eigenvalue weighted by Crippen LogP contribution is 2.31. The monoisotopic (exact) mass is 256 g/mol. The molecule has 0 aliphatic heterocycles. The molecule has 1 aliphatic rings. The number of aromatic amines is 1. The molecule has 2 N–H and O–H groups in total. The first kappa shape index (κ1) is 11.9. The van der Waals surface area contributed by atoms with E-state index in [-0.39, 0.29) is 5.91 Å². The number of hydrogen-bond acceptors (Lipinski definition) is 3. The molecule has 1 saturated carbocycles. The maximum absolute atomic E-state index is 12.1. The van der Waals surface area contributed by atoms with Gasteiger partial charge in [-0.05, 0) is 30.0 Å². The number of amides is 1. The van der Waals surface area contributed by atoms with Crippen molar-refractivity contribution in [3.8, 4) is 11.1 Å². The number of pyridine rings is 1. The highest BCUT2D eigenvalue weighted by atomic mass is 16.1. The van der Waals surface area contributed by atoms with Crippen LogP contribution in [0.25, 0.3) is 11.1 Å². The lowest BCUT2D eigenvalue weighted by atomic mass is 10.1. The SMILES string of the molecule is O=C(NCCC1CC1)c1[nH]ncc1-c1ccncc1. The quantitative estimate of drug-likeness (QED) is 0.859. The van der Waals surface area contributed by atoms with Crippen molar-refractivity contribution in [2.75, 3.05) is 6.54 Å². The van der Waals surface area contributed by atoms with E-state index in [0.29, 0.717) is 5.69 Å². The van der Waals surface area contributed by atoms with E-state index < -0.39 is 0 Å². The Balaban J connectivity index is 1.70. The molecule has 5 heteroatoms. The number of nitrogens with zero attached hydrogens (tertiary/aromatic N) is 2. The van der Waals surface area contributed by atoms with Gasteiger partial charge in [-0.1, -0.05) is 12.8 Å². The van der Waals surface area contributed by atoms with Crippen molar-refractivity contribution in [3.63, 3.8) is 0 Å². The fourth-order valence-corrected chi connectivity index (χ4v) is 2.09. The topological polar surface area (TPSA) is 70.7 Å². The van der Waals surface area contributed by atoms with Crippen LogP contribution in [0, 0.1) is 5.92 Å². The van der Waals surface area contributed by atoms with Crippen molar-refractivity contribution < 1.29 is 4.79 Å². The predicted molar refractivity (Wildman–Crippen MR) is 71.5 cm³/mol. The molecule has 19 heavy (non-hydrogen) atoms. The van der Waals surface area contributed by atoms with Crippen molar-refractivity contribution in [2.45, 2.75) is 19.3 Å². The molecule has 98 valence electrons. The van der Waals surface area contributed by atoms with Crippen LogP contribution in [0.1, 0.15) is 29.8 Å². The van der Waals surface area contributed by atoms with Gasteiger partial charge in [-0.3, -0.25) is 14.9 Å². The molecule has 1 aliphatic carbocycles. The largest absolute Gasteiger partial charge is 0.351 e. The lowest BCUT2D eigenvalue weighted by Crippen LogP contribution is -2.25. The Morgan fingerprint density at radius 3 is 2.89 bits per heavy atom. The number of aromatic nitrogens is 3. The maximum Gasteiger partial charge on any atom is 0.269 e. The van der Waals surface area contributed by atoms with Crippen molar-refractivity contribution in [2.24, 2.45) is 5.92 Å². The van der Waals surface area contributed by atoms with Gasteiger partial charge in [0.2, 0.25) is 0 Å². The molecule has 3 rings (SSSR count). The van der Waals surface area contributed by atoms with Crippen LogP contribution in [0.15, 0.2) is 30.7 Å². The summed E-state index contributed by atoms with van der Waals surface area (Å²) in [5, 5.41) is 9.68. The molecule has 0 spiro atoms. The zero-order valence-corrected chi connectivity index (χ0v) is 10.6. The van der Waals surface area contributed by atoms with Crippen LogP contribution in [-0.4, -0.2) is 27.6 Å². The smallest absolute Gasteiger partial charge is 0.269 e. The lowest BCUT2D eigenvalue weighted by Gasteiger charge is -2.05. The van der Waals surface area contributed by atoms with Crippen LogP contribution in [0.5, 0.6) is 0 Å². The van der Waals surface area contributed by atoms with Gasteiger partial charge in [0, 0.05) is 24.5 Å². The molecule has 2 heterocycles. The number of carbonyl (C=O) groups excluding carboxylic acids is 1. The first-order chi connectivity index (χ1) is 9.34. The van der Waals surface area contributed by atoms with Crippen molar-refractivity contribution in [1.29, 1.82) is 0 Å². The Kier molecular flexibility index (Phi) is 3.27. The van der Waals surface area contributed by atoms with Gasteiger partial charge in [0.15, 0.2) is 0 Å². The summed E-state index contributed by atoms with van der Waals surface area (Å²) in [6, 6.07) is 3.73. The molecule has 0 saturated heterocycles. The van der Waals surface area contributed by atoms with Crippen LogP contribution in [0.3, 0.4) is 0 Å². The molecule has 0 aromatic carbocycles. The molecule has 5 nitrogen and oxygen atoms in total. The third kappa shape index (κ3) is 2.81. The first-order valence-corrected chi connectivity index (χ1v) is 6.56. The van der Waals surface area contributed by atoms with Gasteiger partial charge in [-0.2, -0.15) is 5.10 Å². The molecule has 0 atom stereocenters. The normalized spacial score (nSPS) is 14.3. The molecule has 0 unspecified atom stereocenters. The van der Waals surface area contributed by atoms with E-state index in [4.69, 9.17) is 0 Å². The molecule has 2 aromatic heterocycles. The molecule has 2 aromatic rings. The Hall–Kier alpha value is -2.17. The van der Waals surface area contributed by atoms with Gasteiger partial charge < -0.3 is 5.32 Å². The van der Waals surface area contributed by atoms with Crippen LogP contribution in [0.2, 0.25) is 0 Å². The summed E-state index contributed by atoms with van der Waals surface area (Å²) in [6.07, 6.45) is 8.77. The third-order valence-electron chi connectivity index (χ3n) is 3.39. The Morgan fingerprint density at radius 2 is 2.16 bits per heavy atom. The zero-order chi connectivity index (χ0) is 13.1. The van der Waals surface area contributed by atoms with Gasteiger partial charge in [-0.15, -0.1) is 0 Å². The Morgan fingerprint density at radius 1 is 1.37 bits per heavy atom. The number of rotatable bonds is 5. The third-order valence-corrected chi connectivity index (χ3v) is 3.39. The molecule has 0 bridgehead atoms. The van der Waals surface area contributed by atoms with Crippen LogP contribution < -0.4 is 5.32 Å². The Bertz CT molecular complexity index is 560. The number of nitrogens with one attached hydrogen (secondary N) is 2. The van der Waals surface area contributed by atoms with E-state index in [1.54, 1.807) is 18.6 Å². The molecular formula is C14H16N4O. The van der Waals surface area contributed by atoms with E-state index in [1.165, 1.54) is 12.8 Å². The van der Waals surface area contributed by atoms with Crippen molar-refractivity contribution in [3.05, 3.63) is 36.4 Å². The standard InChI is InChI=1S/C14H16N4O/c19-14(16-8-3-10-1-2-10)13-12(9-17-18-13)11-4-6-15-7-5-11/h4-7,9-10H,1-3,8H2,(H,16,19)(H,17,18). The fraction of sp³-hybridized carbons (Fsp3) is 0.357. The molecule has 1 amide bonds. The van der Waals surface area contributed by atoms with E-state index in [9.17, 15) is 4.79 Å². The average molecular weight is 256 g/mol. The van der Waals surface area contributed by atoms with E-state index in [1.807, 2.05) is 12.1 Å². The molecular weight excluding hydrogens is 240 g/mol.